The van der Waals surface area contributed by atoms with E-state index >= 15 is 0 Å². The summed E-state index contributed by atoms with van der Waals surface area (Å²) < 4.78 is 5.26. The van der Waals surface area contributed by atoms with Crippen molar-refractivity contribution in [1.29, 1.82) is 0 Å². The number of carbonyl (C=O) groups is 2. The summed E-state index contributed by atoms with van der Waals surface area (Å²) in [5, 5.41) is 2.89. The second-order valence-electron chi connectivity index (χ2n) is 6.05. The first kappa shape index (κ1) is 17.0. The van der Waals surface area contributed by atoms with Crippen molar-refractivity contribution in [3.05, 3.63) is 65.7 Å². The molecule has 3 rings (SSSR count). The average molecular weight is 338 g/mol. The normalized spacial score (nSPS) is 14.8. The van der Waals surface area contributed by atoms with Crippen LogP contribution in [0.3, 0.4) is 0 Å². The van der Waals surface area contributed by atoms with Gasteiger partial charge in [0.25, 0.3) is 5.91 Å². The molecule has 2 aromatic carbocycles. The van der Waals surface area contributed by atoms with Gasteiger partial charge in [0.05, 0.1) is 12.7 Å². The highest BCUT2D eigenvalue weighted by Gasteiger charge is 2.29. The number of hydrogen-bond acceptors (Lipinski definition) is 3. The fourth-order valence-electron chi connectivity index (χ4n) is 3.09. The number of nitrogens with one attached hydrogen (secondary N) is 1. The molecule has 0 saturated carbocycles. The van der Waals surface area contributed by atoms with Crippen molar-refractivity contribution in [3.8, 4) is 5.75 Å². The largest absolute Gasteiger partial charge is 0.496 e. The highest BCUT2D eigenvalue weighted by Crippen LogP contribution is 2.22. The lowest BCUT2D eigenvalue weighted by Crippen LogP contribution is -2.41. The molecule has 0 unspecified atom stereocenters. The van der Waals surface area contributed by atoms with Crippen LogP contribution < -0.4 is 10.1 Å². The zero-order valence-electron chi connectivity index (χ0n) is 14.3. The smallest absolute Gasteiger partial charge is 0.255 e. The van der Waals surface area contributed by atoms with Crippen LogP contribution in [-0.2, 0) is 4.79 Å². The summed E-state index contributed by atoms with van der Waals surface area (Å²) in [4.78, 5) is 27.5. The first-order chi connectivity index (χ1) is 12.2. The van der Waals surface area contributed by atoms with Crippen molar-refractivity contribution < 1.29 is 14.3 Å². The molecular formula is C20H22N2O3. The van der Waals surface area contributed by atoms with Crippen molar-refractivity contribution in [3.63, 3.8) is 0 Å². The number of benzene rings is 2. The Kier molecular flexibility index (Phi) is 5.33. The summed E-state index contributed by atoms with van der Waals surface area (Å²) in [6, 6.07) is 15.7. The van der Waals surface area contributed by atoms with Crippen molar-refractivity contribution >= 4 is 11.8 Å². The standard InChI is InChI=1S/C20H22N2O3/c1-25-17-12-6-5-11-16(17)19(23)21-18(15-9-3-2-4-10-15)20(24)22-13-7-8-14-22/h2-6,9-12,18H,7-8,13-14H2,1H3,(H,21,23)/t18-/m0/s1. The van der Waals surface area contributed by atoms with E-state index in [1.165, 1.54) is 7.11 Å². The quantitative estimate of drug-likeness (QED) is 0.912. The number of hydrogen-bond donors (Lipinski definition) is 1. The van der Waals surface area contributed by atoms with E-state index in [-0.39, 0.29) is 11.8 Å². The van der Waals surface area contributed by atoms with Gasteiger partial charge in [0.15, 0.2) is 0 Å². The molecule has 2 aromatic rings. The Labute approximate surface area is 147 Å². The summed E-state index contributed by atoms with van der Waals surface area (Å²) in [5.41, 5.74) is 1.20. The van der Waals surface area contributed by atoms with Crippen LogP contribution in [0.5, 0.6) is 5.75 Å². The Hall–Kier alpha value is -2.82. The Balaban J connectivity index is 1.87. The first-order valence-electron chi connectivity index (χ1n) is 8.48. The summed E-state index contributed by atoms with van der Waals surface area (Å²) in [7, 11) is 1.52. The third kappa shape index (κ3) is 3.82. The molecule has 1 saturated heterocycles. The molecule has 5 heteroatoms. The van der Waals surface area contributed by atoms with E-state index in [9.17, 15) is 9.59 Å². The molecule has 1 N–H and O–H groups in total. The topological polar surface area (TPSA) is 58.6 Å². The molecule has 0 aromatic heterocycles. The van der Waals surface area contributed by atoms with Gasteiger partial charge in [-0.25, -0.2) is 0 Å². The molecule has 130 valence electrons. The van der Waals surface area contributed by atoms with Gasteiger partial charge in [-0.1, -0.05) is 42.5 Å². The molecule has 1 aliphatic heterocycles. The van der Waals surface area contributed by atoms with E-state index in [4.69, 9.17) is 4.74 Å². The summed E-state index contributed by atoms with van der Waals surface area (Å²) in [6.45, 7) is 1.49. The molecule has 0 radical (unpaired) electrons. The summed E-state index contributed by atoms with van der Waals surface area (Å²) in [6.07, 6.45) is 2.02. The average Bonchev–Trinajstić information content (AvgIpc) is 3.21. The number of rotatable bonds is 5. The monoisotopic (exact) mass is 338 g/mol. The number of ether oxygens (including phenoxy) is 1. The molecule has 1 fully saturated rings. The van der Waals surface area contributed by atoms with Crippen LogP contribution in [0.2, 0.25) is 0 Å². The maximum absolute atomic E-state index is 12.9. The van der Waals surface area contributed by atoms with Crippen LogP contribution in [0.1, 0.15) is 34.8 Å². The molecule has 0 bridgehead atoms. The van der Waals surface area contributed by atoms with Gasteiger partial charge in [0.1, 0.15) is 11.8 Å². The zero-order valence-corrected chi connectivity index (χ0v) is 14.3. The van der Waals surface area contributed by atoms with Crippen LogP contribution in [0.25, 0.3) is 0 Å². The van der Waals surface area contributed by atoms with Gasteiger partial charge in [0, 0.05) is 13.1 Å². The van der Waals surface area contributed by atoms with Gasteiger partial charge in [-0.05, 0) is 30.5 Å². The van der Waals surface area contributed by atoms with E-state index in [0.717, 1.165) is 31.5 Å². The fraction of sp³-hybridized carbons (Fsp3) is 0.300. The van der Waals surface area contributed by atoms with E-state index < -0.39 is 6.04 Å². The molecular weight excluding hydrogens is 316 g/mol. The predicted octanol–water partition coefficient (Wildman–Crippen LogP) is 2.79. The van der Waals surface area contributed by atoms with Crippen molar-refractivity contribution in [2.45, 2.75) is 18.9 Å². The maximum Gasteiger partial charge on any atom is 0.255 e. The number of para-hydroxylation sites is 1. The molecule has 0 spiro atoms. The van der Waals surface area contributed by atoms with Gasteiger partial charge >= 0.3 is 0 Å². The number of methoxy groups -OCH3 is 1. The number of nitrogens with zero attached hydrogens (tertiary/aromatic N) is 1. The lowest BCUT2D eigenvalue weighted by molar-refractivity contribution is -0.132. The van der Waals surface area contributed by atoms with Gasteiger partial charge in [0.2, 0.25) is 5.91 Å². The minimum absolute atomic E-state index is 0.0630. The van der Waals surface area contributed by atoms with Crippen LogP contribution in [-0.4, -0.2) is 36.9 Å². The zero-order chi connectivity index (χ0) is 17.6. The van der Waals surface area contributed by atoms with Crippen LogP contribution >= 0.6 is 0 Å². The molecule has 2 amide bonds. The van der Waals surface area contributed by atoms with E-state index in [0.29, 0.717) is 11.3 Å². The van der Waals surface area contributed by atoms with E-state index in [1.54, 1.807) is 24.3 Å². The van der Waals surface area contributed by atoms with Crippen molar-refractivity contribution in [1.82, 2.24) is 10.2 Å². The molecule has 0 aliphatic carbocycles. The minimum Gasteiger partial charge on any atom is -0.496 e. The minimum atomic E-state index is -0.697. The number of likely N-dealkylation sites (tertiary alicyclic amines) is 1. The van der Waals surface area contributed by atoms with Gasteiger partial charge in [-0.15, -0.1) is 0 Å². The first-order valence-corrected chi connectivity index (χ1v) is 8.48. The Morgan fingerprint density at radius 3 is 2.32 bits per heavy atom. The molecule has 5 nitrogen and oxygen atoms in total. The number of carbonyl (C=O) groups excluding carboxylic acids is 2. The molecule has 1 atom stereocenters. The van der Waals surface area contributed by atoms with Crippen molar-refractivity contribution in [2.24, 2.45) is 0 Å². The highest BCUT2D eigenvalue weighted by atomic mass is 16.5. The van der Waals surface area contributed by atoms with E-state index in [2.05, 4.69) is 5.32 Å². The van der Waals surface area contributed by atoms with E-state index in [1.807, 2.05) is 35.2 Å². The van der Waals surface area contributed by atoms with Crippen molar-refractivity contribution in [2.75, 3.05) is 20.2 Å². The third-order valence-corrected chi connectivity index (χ3v) is 4.42. The Morgan fingerprint density at radius 2 is 1.64 bits per heavy atom. The summed E-state index contributed by atoms with van der Waals surface area (Å²) >= 11 is 0. The highest BCUT2D eigenvalue weighted by molar-refractivity contribution is 6.00. The number of amides is 2. The maximum atomic E-state index is 12.9. The van der Waals surface area contributed by atoms with Crippen LogP contribution in [0, 0.1) is 0 Å². The Bertz CT molecular complexity index is 740. The fourth-order valence-corrected chi connectivity index (χ4v) is 3.09. The van der Waals surface area contributed by atoms with Gasteiger partial charge < -0.3 is 15.0 Å². The summed E-state index contributed by atoms with van der Waals surface area (Å²) in [5.74, 6) is 0.103. The lowest BCUT2D eigenvalue weighted by Gasteiger charge is -2.24. The molecule has 25 heavy (non-hydrogen) atoms. The van der Waals surface area contributed by atoms with Gasteiger partial charge in [-0.3, -0.25) is 9.59 Å². The molecule has 1 aliphatic rings. The van der Waals surface area contributed by atoms with Gasteiger partial charge in [-0.2, -0.15) is 0 Å². The second kappa shape index (κ2) is 7.83. The SMILES string of the molecule is COc1ccccc1C(=O)N[C@H](C(=O)N1CCCC1)c1ccccc1. The molecule has 1 heterocycles. The predicted molar refractivity (Wildman–Crippen MR) is 95.5 cm³/mol. The Morgan fingerprint density at radius 1 is 1.00 bits per heavy atom. The lowest BCUT2D eigenvalue weighted by atomic mass is 10.0. The van der Waals surface area contributed by atoms with Crippen LogP contribution in [0.4, 0.5) is 0 Å². The third-order valence-electron chi connectivity index (χ3n) is 4.42. The van der Waals surface area contributed by atoms with Crippen LogP contribution in [0.15, 0.2) is 54.6 Å². The second-order valence-corrected chi connectivity index (χ2v) is 6.05.